The van der Waals surface area contributed by atoms with Crippen LogP contribution in [0, 0.1) is 13.8 Å². The van der Waals surface area contributed by atoms with Crippen molar-refractivity contribution < 1.29 is 33.1 Å². The second kappa shape index (κ2) is 8.97. The Morgan fingerprint density at radius 1 is 1.22 bits per heavy atom. The van der Waals surface area contributed by atoms with Crippen LogP contribution in [0.4, 0.5) is 5.13 Å². The summed E-state index contributed by atoms with van der Waals surface area (Å²) in [5.41, 5.74) is 0.616. The third-order valence-electron chi connectivity index (χ3n) is 5.64. The first-order valence-electron chi connectivity index (χ1n) is 10.9. The molecule has 0 bridgehead atoms. The van der Waals surface area contributed by atoms with Crippen LogP contribution >= 0.6 is 11.3 Å². The summed E-state index contributed by atoms with van der Waals surface area (Å²) >= 11 is 0.911. The van der Waals surface area contributed by atoms with Crippen molar-refractivity contribution in [2.24, 2.45) is 0 Å². The number of carbonyl (C=O) groups excluding carboxylic acids is 3. The van der Waals surface area contributed by atoms with E-state index in [0.29, 0.717) is 22.4 Å². The number of thiazole rings is 1. The van der Waals surface area contributed by atoms with Gasteiger partial charge in [0.15, 0.2) is 16.7 Å². The number of Topliss-reactive ketones (excluding diaryl/α,β-unsaturated/α-hetero) is 1. The largest absolute Gasteiger partial charge is 0.503 e. The maximum Gasteiger partial charge on any atom is 0.350 e. The van der Waals surface area contributed by atoms with Crippen LogP contribution in [0.2, 0.25) is 0 Å². The van der Waals surface area contributed by atoms with Gasteiger partial charge >= 0.3 is 5.97 Å². The van der Waals surface area contributed by atoms with Crippen molar-refractivity contribution in [3.8, 4) is 0 Å². The molecule has 182 valence electrons. The standard InChI is InChI=1S/C26H20N2O7S/c1-4-11-33-25(32)23-14(3)27-26(36-23)28-20(17-10-9-13(2)34-17)19(22(30)24(28)31)21(29)18-12-15-7-5-6-8-16(15)35-18/h4-10,12,20,30H,1,11H2,2-3H3. The minimum Gasteiger partial charge on any atom is -0.503 e. The van der Waals surface area contributed by atoms with E-state index in [2.05, 4.69) is 11.6 Å². The molecule has 0 radical (unpaired) electrons. The average Bonchev–Trinajstić information content (AvgIpc) is 3.63. The topological polar surface area (TPSA) is 123 Å². The van der Waals surface area contributed by atoms with Gasteiger partial charge in [-0.05, 0) is 38.1 Å². The lowest BCUT2D eigenvalue weighted by atomic mass is 10.00. The molecule has 1 amide bonds. The average molecular weight is 505 g/mol. The number of para-hydroxylation sites is 1. The van der Waals surface area contributed by atoms with E-state index in [-0.39, 0.29) is 33.7 Å². The fourth-order valence-electron chi connectivity index (χ4n) is 4.01. The lowest BCUT2D eigenvalue weighted by Crippen LogP contribution is -2.30. The van der Waals surface area contributed by atoms with Gasteiger partial charge in [-0.1, -0.05) is 42.2 Å². The molecule has 1 aliphatic heterocycles. The number of aryl methyl sites for hydroxylation is 2. The Bertz CT molecular complexity index is 1540. The van der Waals surface area contributed by atoms with Crippen LogP contribution < -0.4 is 4.90 Å². The van der Waals surface area contributed by atoms with Crippen LogP contribution in [-0.4, -0.2) is 34.4 Å². The molecule has 0 saturated heterocycles. The summed E-state index contributed by atoms with van der Waals surface area (Å²) in [6, 6.07) is 10.8. The predicted octanol–water partition coefficient (Wildman–Crippen LogP) is 5.22. The van der Waals surface area contributed by atoms with E-state index < -0.39 is 29.5 Å². The third-order valence-corrected chi connectivity index (χ3v) is 6.78. The number of fused-ring (bicyclic) bond motifs is 1. The fourth-order valence-corrected chi connectivity index (χ4v) is 4.99. The van der Waals surface area contributed by atoms with Gasteiger partial charge in [-0.3, -0.25) is 14.5 Å². The first-order chi connectivity index (χ1) is 17.3. The SMILES string of the molecule is C=CCOC(=O)c1sc(N2C(=O)C(O)=C(C(=O)c3cc4ccccc4o3)C2c2ccc(C)o2)nc1C. The number of aromatic nitrogens is 1. The molecule has 1 N–H and O–H groups in total. The van der Waals surface area contributed by atoms with Crippen molar-refractivity contribution in [2.75, 3.05) is 11.5 Å². The van der Waals surface area contributed by atoms with Gasteiger partial charge in [-0.25, -0.2) is 9.78 Å². The normalized spacial score (nSPS) is 15.7. The van der Waals surface area contributed by atoms with E-state index in [1.54, 1.807) is 56.3 Å². The van der Waals surface area contributed by atoms with Crippen molar-refractivity contribution in [3.05, 3.63) is 94.3 Å². The lowest BCUT2D eigenvalue weighted by molar-refractivity contribution is -0.117. The third kappa shape index (κ3) is 3.81. The Morgan fingerprint density at radius 3 is 2.69 bits per heavy atom. The second-order valence-electron chi connectivity index (χ2n) is 8.06. The molecular weight excluding hydrogens is 484 g/mol. The number of hydrogen-bond acceptors (Lipinski definition) is 9. The molecule has 0 spiro atoms. The van der Waals surface area contributed by atoms with Gasteiger partial charge in [0.25, 0.3) is 5.91 Å². The zero-order chi connectivity index (χ0) is 25.6. The number of furan rings is 2. The molecular formula is C26H20N2O7S. The van der Waals surface area contributed by atoms with Crippen LogP contribution in [0.15, 0.2) is 75.3 Å². The van der Waals surface area contributed by atoms with Crippen molar-refractivity contribution in [3.63, 3.8) is 0 Å². The number of rotatable bonds is 7. The molecule has 4 heterocycles. The van der Waals surface area contributed by atoms with Gasteiger partial charge in [0.1, 0.15) is 34.6 Å². The van der Waals surface area contributed by atoms with E-state index in [0.717, 1.165) is 16.2 Å². The summed E-state index contributed by atoms with van der Waals surface area (Å²) in [4.78, 5) is 45.1. The second-order valence-corrected chi connectivity index (χ2v) is 9.04. The monoisotopic (exact) mass is 504 g/mol. The van der Waals surface area contributed by atoms with Crippen molar-refractivity contribution in [1.82, 2.24) is 4.98 Å². The molecule has 36 heavy (non-hydrogen) atoms. The van der Waals surface area contributed by atoms with Gasteiger partial charge in [0.2, 0.25) is 5.78 Å². The minimum atomic E-state index is -1.13. The highest BCUT2D eigenvalue weighted by Crippen LogP contribution is 2.44. The number of esters is 1. The Balaban J connectivity index is 1.60. The minimum absolute atomic E-state index is 0.0148. The molecule has 9 nitrogen and oxygen atoms in total. The molecule has 1 atom stereocenters. The highest BCUT2D eigenvalue weighted by molar-refractivity contribution is 7.17. The first kappa shape index (κ1) is 23.3. The van der Waals surface area contributed by atoms with Crippen LogP contribution in [0.5, 0.6) is 0 Å². The number of ketones is 1. The van der Waals surface area contributed by atoms with Gasteiger partial charge in [-0.15, -0.1) is 0 Å². The van der Waals surface area contributed by atoms with E-state index in [1.807, 2.05) is 0 Å². The van der Waals surface area contributed by atoms with Gasteiger partial charge in [-0.2, -0.15) is 0 Å². The molecule has 0 aliphatic carbocycles. The van der Waals surface area contributed by atoms with E-state index in [9.17, 15) is 19.5 Å². The summed E-state index contributed by atoms with van der Waals surface area (Å²) in [6.45, 7) is 6.85. The summed E-state index contributed by atoms with van der Waals surface area (Å²) in [5, 5.41) is 11.7. The predicted molar refractivity (Wildman–Crippen MR) is 131 cm³/mol. The molecule has 0 saturated carbocycles. The van der Waals surface area contributed by atoms with E-state index >= 15 is 0 Å². The maximum atomic E-state index is 13.6. The number of hydrogen-bond donors (Lipinski definition) is 1. The zero-order valence-corrected chi connectivity index (χ0v) is 20.1. The zero-order valence-electron chi connectivity index (χ0n) is 19.3. The maximum absolute atomic E-state index is 13.6. The van der Waals surface area contributed by atoms with Crippen LogP contribution in [0.25, 0.3) is 11.0 Å². The molecule has 10 heteroatoms. The Kier molecular flexibility index (Phi) is 5.81. The quantitative estimate of drug-likeness (QED) is 0.206. The van der Waals surface area contributed by atoms with Gasteiger partial charge in [0.05, 0.1) is 11.3 Å². The van der Waals surface area contributed by atoms with E-state index in [4.69, 9.17) is 13.6 Å². The Morgan fingerprint density at radius 2 is 2.00 bits per heavy atom. The molecule has 0 fully saturated rings. The van der Waals surface area contributed by atoms with Gasteiger partial charge < -0.3 is 18.7 Å². The number of nitrogens with zero attached hydrogens (tertiary/aromatic N) is 2. The molecule has 1 unspecified atom stereocenters. The number of ether oxygens (including phenoxy) is 1. The number of aliphatic hydroxyl groups is 1. The molecule has 3 aromatic heterocycles. The smallest absolute Gasteiger partial charge is 0.350 e. The number of benzene rings is 1. The van der Waals surface area contributed by atoms with Crippen LogP contribution in [0.3, 0.4) is 0 Å². The van der Waals surface area contributed by atoms with Gasteiger partial charge in [0, 0.05) is 5.39 Å². The lowest BCUT2D eigenvalue weighted by Gasteiger charge is -2.22. The highest BCUT2D eigenvalue weighted by atomic mass is 32.1. The summed E-state index contributed by atoms with van der Waals surface area (Å²) < 4.78 is 16.6. The molecule has 4 aromatic rings. The number of anilines is 1. The van der Waals surface area contributed by atoms with Crippen molar-refractivity contribution in [2.45, 2.75) is 19.9 Å². The van der Waals surface area contributed by atoms with Crippen molar-refractivity contribution in [1.29, 1.82) is 0 Å². The highest BCUT2D eigenvalue weighted by Gasteiger charge is 2.48. The summed E-state index contributed by atoms with van der Waals surface area (Å²) in [5.74, 6) is -2.14. The van der Waals surface area contributed by atoms with Crippen LogP contribution in [0.1, 0.15) is 43.5 Å². The molecule has 1 aromatic carbocycles. The summed E-state index contributed by atoms with van der Waals surface area (Å²) in [6.07, 6.45) is 1.44. The van der Waals surface area contributed by atoms with E-state index in [1.165, 1.54) is 6.08 Å². The van der Waals surface area contributed by atoms with Crippen molar-refractivity contribution >= 4 is 45.1 Å². The Labute approximate surface area is 208 Å². The molecule has 1 aliphatic rings. The number of carbonyl (C=O) groups is 3. The molecule has 5 rings (SSSR count). The summed E-state index contributed by atoms with van der Waals surface area (Å²) in [7, 11) is 0. The first-order valence-corrected chi connectivity index (χ1v) is 11.7. The van der Waals surface area contributed by atoms with Crippen LogP contribution in [-0.2, 0) is 9.53 Å². The number of amides is 1. The number of aliphatic hydroxyl groups excluding tert-OH is 1. The Hall–Kier alpha value is -4.44. The fraction of sp³-hybridized carbons (Fsp3) is 0.154.